The van der Waals surface area contributed by atoms with Crippen molar-refractivity contribution in [2.45, 2.75) is 51.9 Å². The van der Waals surface area contributed by atoms with Gasteiger partial charge in [0.1, 0.15) is 24.0 Å². The average molecular weight is 813 g/mol. The van der Waals surface area contributed by atoms with Crippen LogP contribution in [0.25, 0.3) is 44.2 Å². The molecule has 0 atom stereocenters. The molecule has 0 unspecified atom stereocenters. The molecule has 5 aromatic carbocycles. The quantitative estimate of drug-likeness (QED) is 0.0709. The third-order valence-corrected chi connectivity index (χ3v) is 11.4. The van der Waals surface area contributed by atoms with Gasteiger partial charge in [0.05, 0.1) is 24.8 Å². The smallest absolute Gasteiger partial charge is 0.163 e. The number of rotatable bonds is 17. The first-order valence-corrected chi connectivity index (χ1v) is 20.9. The van der Waals surface area contributed by atoms with E-state index in [2.05, 4.69) is 77.6 Å². The Labute approximate surface area is 348 Å². The van der Waals surface area contributed by atoms with E-state index in [9.17, 15) is 13.6 Å². The van der Waals surface area contributed by atoms with Crippen molar-refractivity contribution in [3.05, 3.63) is 159 Å². The Hall–Kier alpha value is -5.54. The van der Waals surface area contributed by atoms with Crippen molar-refractivity contribution in [2.75, 3.05) is 33.0 Å². The molecule has 1 aliphatic carbocycles. The third-order valence-electron chi connectivity index (χ3n) is 11.1. The van der Waals surface area contributed by atoms with E-state index in [4.69, 9.17) is 25.8 Å². The highest BCUT2D eigenvalue weighted by Crippen LogP contribution is 2.39. The first-order chi connectivity index (χ1) is 28.9. The van der Waals surface area contributed by atoms with Gasteiger partial charge in [-0.05, 0) is 143 Å². The van der Waals surface area contributed by atoms with E-state index in [-0.39, 0.29) is 17.4 Å². The highest BCUT2D eigenvalue weighted by Gasteiger charge is 2.24. The second-order valence-electron chi connectivity index (χ2n) is 15.0. The minimum Gasteiger partial charge on any atom is -0.491 e. The van der Waals surface area contributed by atoms with Crippen LogP contribution in [0.3, 0.4) is 0 Å². The highest BCUT2D eigenvalue weighted by molar-refractivity contribution is 6.32. The molecule has 302 valence electrons. The van der Waals surface area contributed by atoms with Crippen LogP contribution in [0.4, 0.5) is 8.78 Å². The molecular weight excluding hydrogens is 766 g/mol. The van der Waals surface area contributed by atoms with Crippen LogP contribution in [0.5, 0.6) is 5.75 Å². The number of Topliss-reactive ketones (excluding diaryl/α,β-unsaturated/α-hetero) is 1. The number of hydrogen-bond donors (Lipinski definition) is 2. The molecular formula is C50H47ClF2N2O4. The number of carbonyl (C=O) groups is 1. The molecule has 2 N–H and O–H groups in total. The number of aryl methyl sites for hydroxylation is 2. The maximum Gasteiger partial charge on any atom is 0.163 e. The number of halogens is 3. The Kier molecular flexibility index (Phi) is 12.7. The van der Waals surface area contributed by atoms with E-state index in [0.29, 0.717) is 62.0 Å². The van der Waals surface area contributed by atoms with E-state index in [0.717, 1.165) is 98.8 Å². The fraction of sp³-hybridized carbons (Fsp3) is 0.260. The number of allylic oxidation sites excluding steroid dienone is 1. The summed E-state index contributed by atoms with van der Waals surface area (Å²) in [7, 11) is 0. The Morgan fingerprint density at radius 2 is 1.53 bits per heavy atom. The number of H-pyrrole nitrogens is 2. The van der Waals surface area contributed by atoms with Gasteiger partial charge < -0.3 is 24.2 Å². The minimum absolute atomic E-state index is 0.0136. The predicted molar refractivity (Wildman–Crippen MR) is 233 cm³/mol. The Balaban J connectivity index is 0.769. The Morgan fingerprint density at radius 3 is 2.32 bits per heavy atom. The lowest BCUT2D eigenvalue weighted by Gasteiger charge is -2.18. The number of ether oxygens (including phenoxy) is 3. The second-order valence-corrected chi connectivity index (χ2v) is 15.4. The van der Waals surface area contributed by atoms with Crippen LogP contribution in [0.1, 0.15) is 77.2 Å². The normalized spacial score (nSPS) is 13.3. The van der Waals surface area contributed by atoms with Gasteiger partial charge in [-0.25, -0.2) is 8.78 Å². The zero-order chi connectivity index (χ0) is 40.7. The van der Waals surface area contributed by atoms with Gasteiger partial charge in [-0.2, -0.15) is 0 Å². The first kappa shape index (κ1) is 40.2. The Morgan fingerprint density at radius 1 is 0.746 bits per heavy atom. The summed E-state index contributed by atoms with van der Waals surface area (Å²) in [5, 5.41) is 2.36. The van der Waals surface area contributed by atoms with Gasteiger partial charge >= 0.3 is 0 Å². The van der Waals surface area contributed by atoms with Gasteiger partial charge in [0.2, 0.25) is 0 Å². The van der Waals surface area contributed by atoms with Gasteiger partial charge in [0.25, 0.3) is 0 Å². The summed E-state index contributed by atoms with van der Waals surface area (Å²) in [6, 6.07) is 32.4. The monoisotopic (exact) mass is 812 g/mol. The molecule has 0 bridgehead atoms. The lowest BCUT2D eigenvalue weighted by Crippen LogP contribution is -2.11. The molecule has 0 amide bonds. The fourth-order valence-electron chi connectivity index (χ4n) is 8.23. The maximum atomic E-state index is 14.3. The summed E-state index contributed by atoms with van der Waals surface area (Å²) in [6.45, 7) is 4.63. The molecule has 0 radical (unpaired) electrons. The SMILES string of the molecule is CC/C(=C(/c1ccc(OCCOCCOCCCCc2ccc(-c3[nH]c4cc(F)cc5c4c3CCCC5=O)cc2)cc1)c1ccc2[nH]ccc2c1)c1ccc(F)cc1Cl. The number of nitrogens with one attached hydrogen (secondary N) is 2. The van der Waals surface area contributed by atoms with Crippen LogP contribution in [0, 0.1) is 11.6 Å². The van der Waals surface area contributed by atoms with Crippen LogP contribution in [0.15, 0.2) is 109 Å². The number of hydrogen-bond acceptors (Lipinski definition) is 4. The largest absolute Gasteiger partial charge is 0.491 e. The van der Waals surface area contributed by atoms with E-state index in [1.54, 1.807) is 6.07 Å². The van der Waals surface area contributed by atoms with Crippen molar-refractivity contribution in [3.8, 4) is 17.0 Å². The van der Waals surface area contributed by atoms with Crippen molar-refractivity contribution >= 4 is 50.3 Å². The lowest BCUT2D eigenvalue weighted by molar-refractivity contribution is 0.0353. The maximum absolute atomic E-state index is 14.3. The van der Waals surface area contributed by atoms with E-state index >= 15 is 0 Å². The topological polar surface area (TPSA) is 76.3 Å². The number of ketones is 1. The van der Waals surface area contributed by atoms with Crippen LogP contribution in [-0.2, 0) is 22.3 Å². The average Bonchev–Trinajstić information content (AvgIpc) is 3.82. The molecule has 0 saturated carbocycles. The van der Waals surface area contributed by atoms with E-state index in [1.807, 2.05) is 18.3 Å². The van der Waals surface area contributed by atoms with Crippen LogP contribution >= 0.6 is 11.6 Å². The number of fused-ring (bicyclic) bond motifs is 1. The van der Waals surface area contributed by atoms with Crippen molar-refractivity contribution in [1.82, 2.24) is 9.97 Å². The van der Waals surface area contributed by atoms with Gasteiger partial charge in [-0.15, -0.1) is 0 Å². The minimum atomic E-state index is -0.386. The van der Waals surface area contributed by atoms with Crippen molar-refractivity contribution in [1.29, 1.82) is 0 Å². The third kappa shape index (κ3) is 9.21. The predicted octanol–water partition coefficient (Wildman–Crippen LogP) is 12.6. The fourth-order valence-corrected chi connectivity index (χ4v) is 8.51. The molecule has 2 aromatic heterocycles. The molecule has 8 rings (SSSR count). The van der Waals surface area contributed by atoms with Crippen molar-refractivity contribution in [2.24, 2.45) is 0 Å². The summed E-state index contributed by atoms with van der Waals surface area (Å²) in [4.78, 5) is 19.3. The summed E-state index contributed by atoms with van der Waals surface area (Å²) in [5.74, 6) is 0.00763. The zero-order valence-electron chi connectivity index (χ0n) is 33.1. The number of unbranched alkanes of at least 4 members (excludes halogenated alkanes) is 1. The molecule has 0 saturated heterocycles. The van der Waals surface area contributed by atoms with Crippen molar-refractivity contribution < 1.29 is 27.8 Å². The molecule has 6 nitrogen and oxygen atoms in total. The van der Waals surface area contributed by atoms with Crippen LogP contribution < -0.4 is 4.74 Å². The van der Waals surface area contributed by atoms with Crippen molar-refractivity contribution in [3.63, 3.8) is 0 Å². The zero-order valence-corrected chi connectivity index (χ0v) is 33.9. The molecule has 59 heavy (non-hydrogen) atoms. The lowest BCUT2D eigenvalue weighted by atomic mass is 9.87. The molecule has 0 fully saturated rings. The van der Waals surface area contributed by atoms with E-state index in [1.165, 1.54) is 29.8 Å². The molecule has 2 heterocycles. The second kappa shape index (κ2) is 18.6. The first-order valence-electron chi connectivity index (χ1n) is 20.5. The van der Waals surface area contributed by atoms with E-state index < -0.39 is 0 Å². The van der Waals surface area contributed by atoms with Gasteiger partial charge in [0, 0.05) is 46.9 Å². The van der Waals surface area contributed by atoms with Crippen LogP contribution in [0.2, 0.25) is 5.02 Å². The summed E-state index contributed by atoms with van der Waals surface area (Å²) in [6.07, 6.45) is 7.54. The number of benzene rings is 5. The van der Waals surface area contributed by atoms with Gasteiger partial charge in [-0.1, -0.05) is 67.1 Å². The molecule has 9 heteroatoms. The summed E-state index contributed by atoms with van der Waals surface area (Å²) >= 11 is 6.59. The summed E-state index contributed by atoms with van der Waals surface area (Å²) in [5.41, 5.74) is 11.6. The molecule has 1 aliphatic rings. The van der Waals surface area contributed by atoms with Gasteiger partial charge in [-0.3, -0.25) is 4.79 Å². The number of carbonyl (C=O) groups excluding carboxylic acids is 1. The molecule has 0 aliphatic heterocycles. The molecule has 7 aromatic rings. The van der Waals surface area contributed by atoms with Crippen LogP contribution in [-0.4, -0.2) is 48.8 Å². The number of aromatic amines is 2. The number of aromatic nitrogens is 2. The standard InChI is InChI=1S/C50H47ClF2N2O4/c1-2-40(41-19-16-37(52)30-44(41)51)48(36-15-20-45-35(28-36)21-22-54-45)33-13-17-39(18-14-33)59-27-26-58-25-24-57-23-4-3-6-32-9-11-34(12-10-32)50-42-7-5-8-47(56)43-29-38(53)31-46(55-50)49(42)43/h9-22,28-31,54-55H,2-8,23-27H2,1H3/b48-40+. The highest BCUT2D eigenvalue weighted by atomic mass is 35.5. The molecule has 0 spiro atoms. The van der Waals surface area contributed by atoms with Gasteiger partial charge in [0.15, 0.2) is 5.78 Å². The summed E-state index contributed by atoms with van der Waals surface area (Å²) < 4.78 is 45.9. The Bertz CT molecular complexity index is 2610.